The number of anilines is 2. The highest BCUT2D eigenvalue weighted by atomic mass is 32.1. The zero-order valence-electron chi connectivity index (χ0n) is 34.1. The van der Waals surface area contributed by atoms with Gasteiger partial charge < -0.3 is 24.0 Å². The van der Waals surface area contributed by atoms with Crippen LogP contribution in [0.5, 0.6) is 6.01 Å². The van der Waals surface area contributed by atoms with Crippen molar-refractivity contribution in [1.82, 2.24) is 24.8 Å². The van der Waals surface area contributed by atoms with Crippen molar-refractivity contribution in [2.24, 2.45) is 0 Å². The summed E-state index contributed by atoms with van der Waals surface area (Å²) in [5.74, 6) is -2.22. The number of nitrogens with one attached hydrogen (secondary N) is 1. The van der Waals surface area contributed by atoms with Gasteiger partial charge in [-0.05, 0) is 98.4 Å². The monoisotopic (exact) mass is 863 g/mol. The standard InChI is InChI=1S/C41H47F6N7O5S/c1-38(2,3)58-36(55)51-35-49-31-24(10-11-27(43)32(31)60-35)28-26(41(45,46)47)16-25-30(29(28)44)48-34(57-20-40-13-7-14-53(40)18-21(42)17-40)50-33(25)54(22-8-9-22)23-12-15-52(19-23)37(56)59-39(4,5)6/h10-11,16,21-23H,7-9,12-15,17-20H2,1-6H3,(H,49,51,55)/t21-,23-,40+/m1/s1. The van der Waals surface area contributed by atoms with E-state index in [4.69, 9.17) is 19.2 Å². The summed E-state index contributed by atoms with van der Waals surface area (Å²) < 4.78 is 111. The lowest BCUT2D eigenvalue weighted by Crippen LogP contribution is -2.44. The van der Waals surface area contributed by atoms with Crippen molar-refractivity contribution in [1.29, 1.82) is 0 Å². The van der Waals surface area contributed by atoms with Gasteiger partial charge in [-0.3, -0.25) is 10.2 Å². The van der Waals surface area contributed by atoms with Gasteiger partial charge in [0.05, 0.1) is 27.4 Å². The SMILES string of the molecule is CC(C)(C)OC(=O)Nc1nc2c(-c3c(C(F)(F)F)cc4c(N(C5CC5)[C@@H]5CCN(C(=O)OC(C)(C)C)C5)nc(OC[C@@]56CCCN5C[C@H](F)C6)nc4c3F)ccc(F)c2s1. The summed E-state index contributed by atoms with van der Waals surface area (Å²) in [5.41, 5.74) is -5.82. The number of thiazole rings is 1. The fourth-order valence-electron chi connectivity index (χ4n) is 8.67. The van der Waals surface area contributed by atoms with Gasteiger partial charge >= 0.3 is 24.4 Å². The van der Waals surface area contributed by atoms with Crippen LogP contribution in [0.3, 0.4) is 0 Å². The molecule has 0 unspecified atom stereocenters. The molecule has 5 heterocycles. The smallest absolute Gasteiger partial charge is 0.417 e. The summed E-state index contributed by atoms with van der Waals surface area (Å²) in [6.07, 6.45) is -4.22. The lowest BCUT2D eigenvalue weighted by atomic mass is 9.94. The van der Waals surface area contributed by atoms with Gasteiger partial charge in [0.15, 0.2) is 10.9 Å². The Labute approximate surface area is 346 Å². The van der Waals surface area contributed by atoms with E-state index < -0.39 is 81.2 Å². The van der Waals surface area contributed by atoms with Crippen molar-refractivity contribution in [3.8, 4) is 17.1 Å². The molecule has 4 fully saturated rings. The molecule has 3 atom stereocenters. The Kier molecular flexibility index (Phi) is 10.6. The number of carbonyl (C=O) groups is 2. The van der Waals surface area contributed by atoms with E-state index in [1.165, 1.54) is 4.90 Å². The molecule has 19 heteroatoms. The first-order valence-corrected chi connectivity index (χ1v) is 20.9. The number of benzene rings is 2. The molecular formula is C41H47F6N7O5S. The molecule has 0 radical (unpaired) electrons. The molecule has 324 valence electrons. The number of carbonyl (C=O) groups excluding carboxylic acids is 2. The Morgan fingerprint density at radius 2 is 1.68 bits per heavy atom. The first-order chi connectivity index (χ1) is 28.1. The molecule has 3 aliphatic heterocycles. The Hall–Kier alpha value is -4.65. The van der Waals surface area contributed by atoms with Gasteiger partial charge in [-0.15, -0.1) is 0 Å². The molecule has 2 amide bonds. The molecule has 3 saturated heterocycles. The van der Waals surface area contributed by atoms with Crippen LogP contribution in [0.15, 0.2) is 18.2 Å². The van der Waals surface area contributed by atoms with E-state index in [-0.39, 0.29) is 64.7 Å². The second-order valence-corrected chi connectivity index (χ2v) is 19.1. The number of aromatic nitrogens is 3. The number of hydrogen-bond acceptors (Lipinski definition) is 11. The second kappa shape index (κ2) is 15.1. The van der Waals surface area contributed by atoms with Crippen LogP contribution in [-0.2, 0) is 15.7 Å². The molecule has 1 N–H and O–H groups in total. The number of alkyl halides is 4. The van der Waals surface area contributed by atoms with Crippen LogP contribution < -0.4 is 15.0 Å². The highest BCUT2D eigenvalue weighted by molar-refractivity contribution is 7.22. The van der Waals surface area contributed by atoms with Gasteiger partial charge in [0.2, 0.25) is 0 Å². The second-order valence-electron chi connectivity index (χ2n) is 18.1. The first-order valence-electron chi connectivity index (χ1n) is 20.1. The summed E-state index contributed by atoms with van der Waals surface area (Å²) in [6.45, 7) is 11.5. The molecule has 8 rings (SSSR count). The molecule has 0 spiro atoms. The molecule has 60 heavy (non-hydrogen) atoms. The van der Waals surface area contributed by atoms with Crippen molar-refractivity contribution in [3.05, 3.63) is 35.4 Å². The maximum Gasteiger partial charge on any atom is 0.417 e. The number of nitrogens with zero attached hydrogens (tertiary/aromatic N) is 6. The summed E-state index contributed by atoms with van der Waals surface area (Å²) in [7, 11) is 0. The highest BCUT2D eigenvalue weighted by Gasteiger charge is 2.50. The Bertz CT molecular complexity index is 2350. The third kappa shape index (κ3) is 8.35. The summed E-state index contributed by atoms with van der Waals surface area (Å²) in [4.78, 5) is 44.5. The molecule has 1 aliphatic carbocycles. The fourth-order valence-corrected chi connectivity index (χ4v) is 9.55. The van der Waals surface area contributed by atoms with Crippen LogP contribution in [0.2, 0.25) is 0 Å². The van der Waals surface area contributed by atoms with Crippen molar-refractivity contribution in [2.75, 3.05) is 43.0 Å². The van der Waals surface area contributed by atoms with E-state index in [0.717, 1.165) is 24.6 Å². The van der Waals surface area contributed by atoms with Crippen LogP contribution in [-0.4, -0.2) is 105 Å². The number of amides is 2. The maximum atomic E-state index is 17.5. The van der Waals surface area contributed by atoms with Crippen molar-refractivity contribution in [3.63, 3.8) is 0 Å². The van der Waals surface area contributed by atoms with E-state index >= 15 is 22.0 Å². The third-order valence-electron chi connectivity index (χ3n) is 11.2. The molecule has 4 aromatic rings. The van der Waals surface area contributed by atoms with Gasteiger partial charge in [0.25, 0.3) is 0 Å². The van der Waals surface area contributed by atoms with Crippen LogP contribution in [0, 0.1) is 11.6 Å². The normalized spacial score (nSPS) is 22.4. The minimum atomic E-state index is -5.15. The molecule has 2 aromatic heterocycles. The van der Waals surface area contributed by atoms with Gasteiger partial charge in [-0.25, -0.2) is 27.7 Å². The minimum Gasteiger partial charge on any atom is -0.461 e. The Balaban J connectivity index is 1.28. The van der Waals surface area contributed by atoms with E-state index in [1.807, 2.05) is 9.80 Å². The number of likely N-dealkylation sites (tertiary alicyclic amines) is 1. The molecular weight excluding hydrogens is 817 g/mol. The summed E-state index contributed by atoms with van der Waals surface area (Å²) in [5, 5.41) is 1.97. The Morgan fingerprint density at radius 3 is 2.37 bits per heavy atom. The van der Waals surface area contributed by atoms with Gasteiger partial charge in [-0.1, -0.05) is 11.3 Å². The van der Waals surface area contributed by atoms with Crippen LogP contribution in [0.25, 0.3) is 32.2 Å². The quantitative estimate of drug-likeness (QED) is 0.172. The van der Waals surface area contributed by atoms with Gasteiger partial charge in [0, 0.05) is 48.6 Å². The third-order valence-corrected chi connectivity index (χ3v) is 12.2. The van der Waals surface area contributed by atoms with E-state index in [9.17, 15) is 14.0 Å². The van der Waals surface area contributed by atoms with Crippen molar-refractivity contribution >= 4 is 55.6 Å². The predicted molar refractivity (Wildman–Crippen MR) is 213 cm³/mol. The Morgan fingerprint density at radius 1 is 0.950 bits per heavy atom. The number of ether oxygens (including phenoxy) is 3. The number of fused-ring (bicyclic) bond motifs is 3. The van der Waals surface area contributed by atoms with Crippen LogP contribution in [0.4, 0.5) is 46.9 Å². The lowest BCUT2D eigenvalue weighted by Gasteiger charge is -2.33. The van der Waals surface area contributed by atoms with Gasteiger partial charge in [0.1, 0.15) is 41.1 Å². The first kappa shape index (κ1) is 42.1. The van der Waals surface area contributed by atoms with Crippen molar-refractivity contribution < 1.29 is 50.1 Å². The summed E-state index contributed by atoms with van der Waals surface area (Å²) in [6, 6.07) is 1.79. The minimum absolute atomic E-state index is 0.00168. The fraction of sp³-hybridized carbons (Fsp3) is 0.585. The molecule has 2 aromatic carbocycles. The maximum absolute atomic E-state index is 17.5. The van der Waals surface area contributed by atoms with Crippen LogP contribution in [0.1, 0.15) is 85.6 Å². The number of hydrogen-bond donors (Lipinski definition) is 1. The van der Waals surface area contributed by atoms with E-state index in [1.54, 1.807) is 41.5 Å². The average molecular weight is 864 g/mol. The molecule has 4 aliphatic rings. The average Bonchev–Trinajstić information content (AvgIpc) is 3.40. The van der Waals surface area contributed by atoms with Crippen LogP contribution >= 0.6 is 11.3 Å². The number of rotatable bonds is 8. The van der Waals surface area contributed by atoms with Gasteiger partial charge in [-0.2, -0.15) is 23.1 Å². The lowest BCUT2D eigenvalue weighted by molar-refractivity contribution is -0.137. The topological polar surface area (TPSA) is 122 Å². The van der Waals surface area contributed by atoms with Crippen molar-refractivity contribution in [2.45, 2.75) is 121 Å². The van der Waals surface area contributed by atoms with E-state index in [0.29, 0.717) is 50.1 Å². The summed E-state index contributed by atoms with van der Waals surface area (Å²) >= 11 is 0.652. The zero-order chi connectivity index (χ0) is 43.1. The molecule has 1 saturated carbocycles. The largest absolute Gasteiger partial charge is 0.461 e. The zero-order valence-corrected chi connectivity index (χ0v) is 35.0. The highest BCUT2D eigenvalue weighted by Crippen LogP contribution is 2.48. The molecule has 0 bridgehead atoms. The van der Waals surface area contributed by atoms with E-state index in [2.05, 4.69) is 15.3 Å². The predicted octanol–water partition coefficient (Wildman–Crippen LogP) is 9.48. The molecule has 12 nitrogen and oxygen atoms in total. The number of halogens is 6.